The molecule has 0 spiro atoms. The molecule has 2 rings (SSSR count). The van der Waals surface area contributed by atoms with E-state index in [9.17, 15) is 0 Å². The van der Waals surface area contributed by atoms with E-state index in [0.717, 1.165) is 11.5 Å². The van der Waals surface area contributed by atoms with Gasteiger partial charge in [0, 0.05) is 5.56 Å². The van der Waals surface area contributed by atoms with Crippen molar-refractivity contribution in [3.63, 3.8) is 0 Å². The second-order valence-corrected chi connectivity index (χ2v) is 4.61. The Morgan fingerprint density at radius 1 is 1.00 bits per heavy atom. The summed E-state index contributed by atoms with van der Waals surface area (Å²) in [6.45, 7) is 9.18. The lowest BCUT2D eigenvalue weighted by Crippen LogP contribution is -2.00. The van der Waals surface area contributed by atoms with Gasteiger partial charge in [0.05, 0.1) is 0 Å². The van der Waals surface area contributed by atoms with E-state index in [-0.39, 0.29) is 0 Å². The first-order valence-electron chi connectivity index (χ1n) is 5.53. The first kappa shape index (κ1) is 10.3. The molecular weight excluding hydrogens is 188 g/mol. The number of hydrogen-bond acceptors (Lipinski definition) is 2. The molecule has 0 atom stereocenters. The molecule has 0 amide bonds. The average Bonchev–Trinajstić information content (AvgIpc) is 2.62. The van der Waals surface area contributed by atoms with Crippen molar-refractivity contribution in [2.75, 3.05) is 6.79 Å². The maximum atomic E-state index is 5.56. The Hall–Kier alpha value is -1.18. The average molecular weight is 206 g/mol. The van der Waals surface area contributed by atoms with E-state index in [1.165, 1.54) is 11.1 Å². The second-order valence-electron chi connectivity index (χ2n) is 4.61. The Morgan fingerprint density at radius 3 is 2.33 bits per heavy atom. The van der Waals surface area contributed by atoms with Crippen LogP contribution in [0.5, 0.6) is 11.5 Å². The molecule has 0 fully saturated rings. The minimum atomic E-state index is 0.358. The fourth-order valence-electron chi connectivity index (χ4n) is 2.11. The van der Waals surface area contributed by atoms with Crippen molar-refractivity contribution in [3.8, 4) is 11.5 Å². The quantitative estimate of drug-likeness (QED) is 0.735. The van der Waals surface area contributed by atoms with Crippen LogP contribution in [0.2, 0.25) is 0 Å². The maximum Gasteiger partial charge on any atom is 0.231 e. The van der Waals surface area contributed by atoms with Crippen LogP contribution in [0.1, 0.15) is 50.7 Å². The highest BCUT2D eigenvalue weighted by Crippen LogP contribution is 2.43. The molecule has 2 nitrogen and oxygen atoms in total. The van der Waals surface area contributed by atoms with Crippen LogP contribution < -0.4 is 9.47 Å². The largest absolute Gasteiger partial charge is 0.454 e. The first-order valence-corrected chi connectivity index (χ1v) is 5.53. The Kier molecular flexibility index (Phi) is 2.59. The van der Waals surface area contributed by atoms with Crippen molar-refractivity contribution in [1.82, 2.24) is 0 Å². The van der Waals surface area contributed by atoms with Gasteiger partial charge in [-0.25, -0.2) is 0 Å². The Balaban J connectivity index is 2.58. The van der Waals surface area contributed by atoms with Crippen molar-refractivity contribution in [1.29, 1.82) is 0 Å². The van der Waals surface area contributed by atoms with Crippen LogP contribution in [0, 0.1) is 0 Å². The van der Waals surface area contributed by atoms with Crippen LogP contribution in [0.3, 0.4) is 0 Å². The highest BCUT2D eigenvalue weighted by molar-refractivity contribution is 5.54. The van der Waals surface area contributed by atoms with Crippen LogP contribution in [-0.4, -0.2) is 6.79 Å². The second kappa shape index (κ2) is 3.76. The third-order valence-electron chi connectivity index (χ3n) is 2.81. The lowest BCUT2D eigenvalue weighted by molar-refractivity contribution is 0.173. The molecule has 82 valence electrons. The Bertz CT molecular complexity index is 367. The van der Waals surface area contributed by atoms with Crippen LogP contribution in [0.25, 0.3) is 0 Å². The molecule has 1 aliphatic heterocycles. The van der Waals surface area contributed by atoms with E-state index in [2.05, 4.69) is 33.8 Å². The molecule has 0 aromatic heterocycles. The monoisotopic (exact) mass is 206 g/mol. The number of ether oxygens (including phenoxy) is 2. The van der Waals surface area contributed by atoms with Crippen LogP contribution in [-0.2, 0) is 0 Å². The normalized spacial score (nSPS) is 14.0. The summed E-state index contributed by atoms with van der Waals surface area (Å²) in [5.74, 6) is 2.84. The molecular formula is C13H18O2. The van der Waals surface area contributed by atoms with Crippen LogP contribution in [0.4, 0.5) is 0 Å². The van der Waals surface area contributed by atoms with E-state index < -0.39 is 0 Å². The van der Waals surface area contributed by atoms with Crippen LogP contribution >= 0.6 is 0 Å². The third-order valence-corrected chi connectivity index (χ3v) is 2.81. The van der Waals surface area contributed by atoms with Crippen molar-refractivity contribution < 1.29 is 9.47 Å². The molecule has 0 N–H and O–H groups in total. The summed E-state index contributed by atoms with van der Waals surface area (Å²) in [5, 5.41) is 0. The van der Waals surface area contributed by atoms with Gasteiger partial charge in [-0.1, -0.05) is 33.8 Å². The minimum Gasteiger partial charge on any atom is -0.454 e. The number of rotatable bonds is 2. The molecule has 1 aromatic rings. The van der Waals surface area contributed by atoms with Gasteiger partial charge in [-0.05, 0) is 23.5 Å². The lowest BCUT2D eigenvalue weighted by atomic mass is 9.89. The molecule has 1 aromatic carbocycles. The molecule has 1 aliphatic rings. The predicted molar refractivity (Wildman–Crippen MR) is 60.7 cm³/mol. The van der Waals surface area contributed by atoms with Gasteiger partial charge in [0.15, 0.2) is 11.5 Å². The summed E-state index contributed by atoms with van der Waals surface area (Å²) < 4.78 is 11.0. The van der Waals surface area contributed by atoms with Gasteiger partial charge in [-0.15, -0.1) is 0 Å². The van der Waals surface area contributed by atoms with Gasteiger partial charge in [-0.2, -0.15) is 0 Å². The predicted octanol–water partition coefficient (Wildman–Crippen LogP) is 3.66. The highest BCUT2D eigenvalue weighted by atomic mass is 16.7. The molecule has 0 saturated heterocycles. The van der Waals surface area contributed by atoms with E-state index in [4.69, 9.17) is 9.47 Å². The standard InChI is InChI=1S/C13H18O2/c1-8(2)10-5-6-11-13(15-7-14-11)12(10)9(3)4/h5-6,8-9H,7H2,1-4H3. The number of hydrogen-bond donors (Lipinski definition) is 0. The lowest BCUT2D eigenvalue weighted by Gasteiger charge is -2.17. The SMILES string of the molecule is CC(C)c1ccc2c(c1C(C)C)OCO2. The summed E-state index contributed by atoms with van der Waals surface area (Å²) >= 11 is 0. The van der Waals surface area contributed by atoms with E-state index in [1.807, 2.05) is 6.07 Å². The molecule has 1 heterocycles. The topological polar surface area (TPSA) is 18.5 Å². The molecule has 0 bridgehead atoms. The van der Waals surface area contributed by atoms with Crippen molar-refractivity contribution in [2.24, 2.45) is 0 Å². The summed E-state index contributed by atoms with van der Waals surface area (Å²) in [4.78, 5) is 0. The molecule has 0 radical (unpaired) electrons. The van der Waals surface area contributed by atoms with Gasteiger partial charge in [0.1, 0.15) is 0 Å². The number of fused-ring (bicyclic) bond motifs is 1. The van der Waals surface area contributed by atoms with Crippen LogP contribution in [0.15, 0.2) is 12.1 Å². The molecule has 15 heavy (non-hydrogen) atoms. The zero-order chi connectivity index (χ0) is 11.0. The van der Waals surface area contributed by atoms with E-state index in [0.29, 0.717) is 18.6 Å². The highest BCUT2D eigenvalue weighted by Gasteiger charge is 2.23. The van der Waals surface area contributed by atoms with E-state index in [1.54, 1.807) is 0 Å². The van der Waals surface area contributed by atoms with E-state index >= 15 is 0 Å². The summed E-state index contributed by atoms with van der Waals surface area (Å²) in [7, 11) is 0. The Labute approximate surface area is 91.2 Å². The third kappa shape index (κ3) is 1.69. The first-order chi connectivity index (χ1) is 7.11. The van der Waals surface area contributed by atoms with Gasteiger partial charge in [0.25, 0.3) is 0 Å². The fourth-order valence-corrected chi connectivity index (χ4v) is 2.11. The zero-order valence-electron chi connectivity index (χ0n) is 9.83. The number of benzene rings is 1. The fraction of sp³-hybridized carbons (Fsp3) is 0.538. The van der Waals surface area contributed by atoms with Crippen molar-refractivity contribution >= 4 is 0 Å². The summed E-state index contributed by atoms with van der Waals surface area (Å²) in [6.07, 6.45) is 0. The van der Waals surface area contributed by atoms with Crippen molar-refractivity contribution in [3.05, 3.63) is 23.3 Å². The zero-order valence-corrected chi connectivity index (χ0v) is 9.83. The smallest absolute Gasteiger partial charge is 0.231 e. The summed E-state index contributed by atoms with van der Waals surface area (Å²) in [5.41, 5.74) is 2.68. The summed E-state index contributed by atoms with van der Waals surface area (Å²) in [6, 6.07) is 4.18. The molecule has 0 aliphatic carbocycles. The molecule has 2 heteroatoms. The Morgan fingerprint density at radius 2 is 1.73 bits per heavy atom. The molecule has 0 unspecified atom stereocenters. The maximum absolute atomic E-state index is 5.56. The van der Waals surface area contributed by atoms with Gasteiger partial charge in [-0.3, -0.25) is 0 Å². The molecule has 0 saturated carbocycles. The minimum absolute atomic E-state index is 0.358. The van der Waals surface area contributed by atoms with Crippen molar-refractivity contribution in [2.45, 2.75) is 39.5 Å². The van der Waals surface area contributed by atoms with Gasteiger partial charge >= 0.3 is 0 Å². The van der Waals surface area contributed by atoms with Gasteiger partial charge in [0.2, 0.25) is 6.79 Å². The van der Waals surface area contributed by atoms with Gasteiger partial charge < -0.3 is 9.47 Å².